The van der Waals surface area contributed by atoms with Crippen LogP contribution in [-0.4, -0.2) is 49.6 Å². The molecule has 0 radical (unpaired) electrons. The summed E-state index contributed by atoms with van der Waals surface area (Å²) < 4.78 is 29.7. The van der Waals surface area contributed by atoms with E-state index in [2.05, 4.69) is 160 Å². The third-order valence-electron chi connectivity index (χ3n) is 7.90. The maximum absolute atomic E-state index is 12.2. The van der Waals surface area contributed by atoms with Gasteiger partial charge in [-0.25, -0.2) is 0 Å². The number of unbranched alkanes of at least 4 members (excludes halogenated alkanes) is 14. The average Bonchev–Trinajstić information content (AvgIpc) is 3.06. The summed E-state index contributed by atoms with van der Waals surface area (Å²) in [6, 6.07) is 8.56. The van der Waals surface area contributed by atoms with Crippen molar-refractivity contribution in [2.75, 3.05) is 26.4 Å². The molecule has 2 aromatic carbocycles. The number of aliphatic hydroxyl groups is 1. The van der Waals surface area contributed by atoms with Gasteiger partial charge in [0.15, 0.2) is 6.10 Å². The van der Waals surface area contributed by atoms with Gasteiger partial charge in [-0.2, -0.15) is 0 Å². The molecule has 0 saturated heterocycles. The molecule has 1 atom stereocenters. The van der Waals surface area contributed by atoms with Gasteiger partial charge >= 0.3 is 11.9 Å². The molecule has 0 aliphatic heterocycles. The molecular formula is C37H50I6O7. The summed E-state index contributed by atoms with van der Waals surface area (Å²) in [5.74, 6) is 1.34. The fourth-order valence-corrected chi connectivity index (χ4v) is 13.0. The lowest BCUT2D eigenvalue weighted by Crippen LogP contribution is -2.28. The summed E-state index contributed by atoms with van der Waals surface area (Å²) in [6.45, 7) is 1.04. The van der Waals surface area contributed by atoms with Crippen molar-refractivity contribution in [3.8, 4) is 11.5 Å². The number of halogens is 6. The molecule has 0 amide bonds. The molecule has 0 aliphatic carbocycles. The number of esters is 2. The van der Waals surface area contributed by atoms with Crippen molar-refractivity contribution in [3.63, 3.8) is 0 Å². The summed E-state index contributed by atoms with van der Waals surface area (Å²) in [5.41, 5.74) is 0. The van der Waals surface area contributed by atoms with E-state index in [1.54, 1.807) is 0 Å². The summed E-state index contributed by atoms with van der Waals surface area (Å²) in [6.07, 6.45) is 17.1. The van der Waals surface area contributed by atoms with Gasteiger partial charge in [-0.15, -0.1) is 0 Å². The van der Waals surface area contributed by atoms with E-state index in [-0.39, 0.29) is 25.2 Å². The predicted octanol–water partition coefficient (Wildman–Crippen LogP) is 12.2. The molecule has 0 heterocycles. The van der Waals surface area contributed by atoms with Crippen molar-refractivity contribution in [2.45, 2.75) is 122 Å². The molecule has 0 aromatic heterocycles. The van der Waals surface area contributed by atoms with E-state index in [4.69, 9.17) is 18.9 Å². The maximum Gasteiger partial charge on any atom is 0.306 e. The number of benzene rings is 2. The zero-order valence-electron chi connectivity index (χ0n) is 28.6. The maximum atomic E-state index is 12.2. The normalized spacial score (nSPS) is 11.7. The molecule has 0 fully saturated rings. The topological polar surface area (TPSA) is 91.3 Å². The third-order valence-corrected chi connectivity index (χ3v) is 12.4. The fraction of sp³-hybridized carbons (Fsp3) is 0.622. The minimum atomic E-state index is -0.803. The van der Waals surface area contributed by atoms with Crippen LogP contribution in [0.5, 0.6) is 11.5 Å². The van der Waals surface area contributed by atoms with Crippen LogP contribution in [0.25, 0.3) is 0 Å². The first kappa shape index (κ1) is 47.5. The van der Waals surface area contributed by atoms with Crippen LogP contribution in [0.1, 0.15) is 116 Å². The SMILES string of the molecule is O=C(CCCCCCCCCCOc1c(I)cc(I)cc1I)OCC(CO)OC(=O)CCCCCCCCCCOc1c(I)cc(I)cc1I. The second-order valence-electron chi connectivity index (χ2n) is 12.2. The van der Waals surface area contributed by atoms with Gasteiger partial charge in [-0.3, -0.25) is 9.59 Å². The first-order chi connectivity index (χ1) is 24.1. The quantitative estimate of drug-likeness (QED) is 0.0516. The molecule has 0 aliphatic rings. The number of carbonyl (C=O) groups excluding carboxylic acids is 2. The molecule has 7 nitrogen and oxygen atoms in total. The number of aliphatic hydroxyl groups excluding tert-OH is 1. The lowest BCUT2D eigenvalue weighted by Gasteiger charge is -2.15. The standard InChI is InChI=1S/C37H50I6O7/c38-27-21-30(40)36(31(41)22-27)47-19-15-11-7-3-1-5-9-13-17-34(45)49-26-29(25-44)50-35(46)18-14-10-6-2-4-8-12-16-20-48-37-32(42)23-28(39)24-33(37)43/h21-24,29,44H,1-20,25-26H2. The largest absolute Gasteiger partial charge is 0.491 e. The van der Waals surface area contributed by atoms with Crippen molar-refractivity contribution in [2.24, 2.45) is 0 Å². The van der Waals surface area contributed by atoms with E-state index >= 15 is 0 Å². The van der Waals surface area contributed by atoms with Crippen molar-refractivity contribution >= 4 is 147 Å². The van der Waals surface area contributed by atoms with Crippen LogP contribution in [0.3, 0.4) is 0 Å². The van der Waals surface area contributed by atoms with Gasteiger partial charge < -0.3 is 24.1 Å². The fourth-order valence-electron chi connectivity index (χ4n) is 5.17. The lowest BCUT2D eigenvalue weighted by molar-refractivity contribution is -0.161. The Labute approximate surface area is 381 Å². The minimum Gasteiger partial charge on any atom is -0.491 e. The van der Waals surface area contributed by atoms with E-state index in [1.807, 2.05) is 0 Å². The van der Waals surface area contributed by atoms with E-state index in [0.717, 1.165) is 116 Å². The van der Waals surface area contributed by atoms with E-state index in [9.17, 15) is 14.7 Å². The zero-order chi connectivity index (χ0) is 36.6. The molecule has 0 saturated carbocycles. The second kappa shape index (κ2) is 29.6. The van der Waals surface area contributed by atoms with Gasteiger partial charge in [0.25, 0.3) is 0 Å². The van der Waals surface area contributed by atoms with Crippen LogP contribution in [0.4, 0.5) is 0 Å². The Balaban J connectivity index is 1.37. The van der Waals surface area contributed by atoms with E-state index in [0.29, 0.717) is 12.8 Å². The number of hydrogen-bond donors (Lipinski definition) is 1. The van der Waals surface area contributed by atoms with Crippen LogP contribution < -0.4 is 9.47 Å². The minimum absolute atomic E-state index is 0.0963. The smallest absolute Gasteiger partial charge is 0.306 e. The van der Waals surface area contributed by atoms with Crippen molar-refractivity contribution in [1.29, 1.82) is 0 Å². The van der Waals surface area contributed by atoms with Crippen LogP contribution in [-0.2, 0) is 19.1 Å². The third kappa shape index (κ3) is 22.0. The first-order valence-electron chi connectivity index (χ1n) is 17.6. The van der Waals surface area contributed by atoms with Crippen molar-refractivity contribution in [1.82, 2.24) is 0 Å². The van der Waals surface area contributed by atoms with E-state index in [1.165, 1.54) is 32.8 Å². The number of carbonyl (C=O) groups is 2. The molecule has 13 heteroatoms. The van der Waals surface area contributed by atoms with Gasteiger partial charge in [0.05, 0.1) is 34.1 Å². The van der Waals surface area contributed by atoms with Gasteiger partial charge in [-0.1, -0.05) is 77.0 Å². The van der Waals surface area contributed by atoms with Crippen molar-refractivity contribution < 1.29 is 33.6 Å². The Hall–Kier alpha value is 1.32. The first-order valence-corrected chi connectivity index (χ1v) is 24.1. The summed E-state index contributed by atoms with van der Waals surface area (Å²) in [5, 5.41) is 9.59. The molecule has 0 bridgehead atoms. The Morgan fingerprint density at radius 1 is 0.520 bits per heavy atom. The Morgan fingerprint density at radius 3 is 1.24 bits per heavy atom. The summed E-state index contributed by atoms with van der Waals surface area (Å²) >= 11 is 14.0. The number of hydrogen-bond acceptors (Lipinski definition) is 7. The van der Waals surface area contributed by atoms with Gasteiger partial charge in [0, 0.05) is 20.0 Å². The van der Waals surface area contributed by atoms with Crippen LogP contribution in [0.15, 0.2) is 24.3 Å². The molecule has 1 unspecified atom stereocenters. The predicted molar refractivity (Wildman–Crippen MR) is 251 cm³/mol. The molecule has 2 aromatic rings. The van der Waals surface area contributed by atoms with Crippen molar-refractivity contribution in [3.05, 3.63) is 45.7 Å². The Bertz CT molecular complexity index is 1230. The van der Waals surface area contributed by atoms with Crippen LogP contribution in [0.2, 0.25) is 0 Å². The average molecular weight is 1370 g/mol. The highest BCUT2D eigenvalue weighted by atomic mass is 127. The molecule has 1 N–H and O–H groups in total. The summed E-state index contributed by atoms with van der Waals surface area (Å²) in [7, 11) is 0. The van der Waals surface area contributed by atoms with Gasteiger partial charge in [0.1, 0.15) is 18.1 Å². The highest BCUT2D eigenvalue weighted by molar-refractivity contribution is 14.1. The molecule has 0 spiro atoms. The molecule has 2 rings (SSSR count). The van der Waals surface area contributed by atoms with E-state index < -0.39 is 6.10 Å². The van der Waals surface area contributed by atoms with Crippen LogP contribution in [0, 0.1) is 21.4 Å². The highest BCUT2D eigenvalue weighted by Crippen LogP contribution is 2.31. The number of ether oxygens (including phenoxy) is 4. The zero-order valence-corrected chi connectivity index (χ0v) is 41.6. The molecular weight excluding hydrogens is 1320 g/mol. The summed E-state index contributed by atoms with van der Waals surface area (Å²) in [4.78, 5) is 24.4. The Kier molecular flexibility index (Phi) is 28.1. The molecule has 50 heavy (non-hydrogen) atoms. The molecule has 282 valence electrons. The van der Waals surface area contributed by atoms with Crippen LogP contribution >= 0.6 is 136 Å². The van der Waals surface area contributed by atoms with Gasteiger partial charge in [0.2, 0.25) is 0 Å². The monoisotopic (exact) mass is 1370 g/mol. The second-order valence-corrected chi connectivity index (χ2v) is 19.4. The number of rotatable bonds is 28. The van der Waals surface area contributed by atoms with Gasteiger partial charge in [-0.05, 0) is 185 Å². The highest BCUT2D eigenvalue weighted by Gasteiger charge is 2.16. The Morgan fingerprint density at radius 2 is 0.860 bits per heavy atom. The lowest BCUT2D eigenvalue weighted by atomic mass is 10.1.